The van der Waals surface area contributed by atoms with Crippen LogP contribution < -0.4 is 10.5 Å². The number of hydrogen-bond acceptors (Lipinski definition) is 5. The summed E-state index contributed by atoms with van der Waals surface area (Å²) in [6.07, 6.45) is 5.65. The number of pyridine rings is 1. The molecule has 2 heterocycles. The third-order valence-corrected chi connectivity index (χ3v) is 4.35. The summed E-state index contributed by atoms with van der Waals surface area (Å²) >= 11 is 0. The van der Waals surface area contributed by atoms with Gasteiger partial charge in [0, 0.05) is 25.5 Å². The minimum Gasteiger partial charge on any atom is -0.398 e. The summed E-state index contributed by atoms with van der Waals surface area (Å²) in [6, 6.07) is 1.46. The number of nitrogen functional groups attached to an aromatic ring is 1. The van der Waals surface area contributed by atoms with E-state index in [4.69, 9.17) is 10.5 Å². The molecule has 0 spiro atoms. The van der Waals surface area contributed by atoms with Gasteiger partial charge in [-0.05, 0) is 25.3 Å². The van der Waals surface area contributed by atoms with E-state index in [0.29, 0.717) is 6.61 Å². The Bertz CT molecular complexity index is 498. The van der Waals surface area contributed by atoms with Gasteiger partial charge in [0.2, 0.25) is 10.0 Å². The standard InChI is InChI=1S/C11H17N3O3S/c12-10-4-5-13-8-11(10)18(15,16)14-7-9-3-1-2-6-17-9/h4-5,8-9,14H,1-3,6-7H2,(H2,12,13). The maximum atomic E-state index is 12.0. The molecule has 1 atom stereocenters. The zero-order chi connectivity index (χ0) is 13.0. The third-order valence-electron chi connectivity index (χ3n) is 2.88. The summed E-state index contributed by atoms with van der Waals surface area (Å²) in [7, 11) is -3.61. The van der Waals surface area contributed by atoms with Crippen molar-refractivity contribution in [1.29, 1.82) is 0 Å². The number of rotatable bonds is 4. The van der Waals surface area contributed by atoms with E-state index in [1.807, 2.05) is 0 Å². The second-order valence-electron chi connectivity index (χ2n) is 4.25. The van der Waals surface area contributed by atoms with E-state index in [9.17, 15) is 8.42 Å². The average Bonchev–Trinajstić information content (AvgIpc) is 2.38. The highest BCUT2D eigenvalue weighted by atomic mass is 32.2. The second-order valence-corrected chi connectivity index (χ2v) is 5.99. The van der Waals surface area contributed by atoms with Crippen molar-refractivity contribution >= 4 is 15.7 Å². The Morgan fingerprint density at radius 1 is 1.50 bits per heavy atom. The largest absolute Gasteiger partial charge is 0.398 e. The number of nitrogens with zero attached hydrogens (tertiary/aromatic N) is 1. The number of ether oxygens (including phenoxy) is 1. The zero-order valence-corrected chi connectivity index (χ0v) is 10.8. The van der Waals surface area contributed by atoms with Crippen LogP contribution in [0, 0.1) is 0 Å². The van der Waals surface area contributed by atoms with Gasteiger partial charge in [0.05, 0.1) is 11.8 Å². The van der Waals surface area contributed by atoms with Gasteiger partial charge in [0.25, 0.3) is 0 Å². The molecule has 7 heteroatoms. The van der Waals surface area contributed by atoms with E-state index in [2.05, 4.69) is 9.71 Å². The quantitative estimate of drug-likeness (QED) is 0.832. The van der Waals surface area contributed by atoms with Crippen LogP contribution in [0.25, 0.3) is 0 Å². The summed E-state index contributed by atoms with van der Waals surface area (Å²) in [6.45, 7) is 0.970. The fourth-order valence-electron chi connectivity index (χ4n) is 1.86. The molecule has 1 saturated heterocycles. The van der Waals surface area contributed by atoms with E-state index in [-0.39, 0.29) is 23.2 Å². The van der Waals surface area contributed by atoms with Crippen LogP contribution in [0.15, 0.2) is 23.4 Å². The van der Waals surface area contributed by atoms with Gasteiger partial charge in [-0.1, -0.05) is 0 Å². The van der Waals surface area contributed by atoms with Crippen molar-refractivity contribution in [2.75, 3.05) is 18.9 Å². The topological polar surface area (TPSA) is 94.3 Å². The first-order valence-electron chi connectivity index (χ1n) is 5.90. The highest BCUT2D eigenvalue weighted by Gasteiger charge is 2.21. The van der Waals surface area contributed by atoms with Crippen LogP contribution in [0.1, 0.15) is 19.3 Å². The van der Waals surface area contributed by atoms with Gasteiger partial charge in [0.15, 0.2) is 0 Å². The number of aromatic nitrogens is 1. The summed E-state index contributed by atoms with van der Waals surface area (Å²) in [5.41, 5.74) is 5.82. The third kappa shape index (κ3) is 3.18. The van der Waals surface area contributed by atoms with Crippen LogP contribution in [0.5, 0.6) is 0 Å². The lowest BCUT2D eigenvalue weighted by molar-refractivity contribution is 0.0200. The predicted octanol–water partition coefficient (Wildman–Crippen LogP) is 0.511. The summed E-state index contributed by atoms with van der Waals surface area (Å²) in [4.78, 5) is 3.79. The molecule has 1 aromatic heterocycles. The minimum absolute atomic E-state index is 0.0146. The molecule has 0 amide bonds. The fourth-order valence-corrected chi connectivity index (χ4v) is 3.00. The van der Waals surface area contributed by atoms with Crippen LogP contribution in [0.2, 0.25) is 0 Å². The number of nitrogens with one attached hydrogen (secondary N) is 1. The Kier molecular flexibility index (Phi) is 4.15. The van der Waals surface area contributed by atoms with E-state index in [0.717, 1.165) is 19.3 Å². The molecule has 1 aromatic rings. The maximum absolute atomic E-state index is 12.0. The lowest BCUT2D eigenvalue weighted by Gasteiger charge is -2.22. The van der Waals surface area contributed by atoms with Gasteiger partial charge < -0.3 is 10.5 Å². The molecule has 100 valence electrons. The normalized spacial score (nSPS) is 20.8. The molecule has 2 rings (SSSR count). The van der Waals surface area contributed by atoms with E-state index >= 15 is 0 Å². The minimum atomic E-state index is -3.61. The molecule has 6 nitrogen and oxygen atoms in total. The predicted molar refractivity (Wildman–Crippen MR) is 67.4 cm³/mol. The first kappa shape index (κ1) is 13.3. The lowest BCUT2D eigenvalue weighted by Crippen LogP contribution is -2.35. The number of anilines is 1. The first-order chi connectivity index (χ1) is 8.59. The van der Waals surface area contributed by atoms with Crippen molar-refractivity contribution in [3.05, 3.63) is 18.5 Å². The summed E-state index contributed by atoms with van der Waals surface area (Å²) < 4.78 is 32.0. The SMILES string of the molecule is Nc1ccncc1S(=O)(=O)NCC1CCCCO1. The first-order valence-corrected chi connectivity index (χ1v) is 7.38. The van der Waals surface area contributed by atoms with Gasteiger partial charge in [-0.2, -0.15) is 0 Å². The van der Waals surface area contributed by atoms with Crippen molar-refractivity contribution < 1.29 is 13.2 Å². The summed E-state index contributed by atoms with van der Waals surface area (Å²) in [5, 5.41) is 0. The van der Waals surface area contributed by atoms with Crippen LogP contribution in [-0.2, 0) is 14.8 Å². The molecule has 18 heavy (non-hydrogen) atoms. The van der Waals surface area contributed by atoms with Crippen LogP contribution in [0.3, 0.4) is 0 Å². The number of hydrogen-bond donors (Lipinski definition) is 2. The molecule has 1 fully saturated rings. The molecule has 3 N–H and O–H groups in total. The molecule has 0 bridgehead atoms. The van der Waals surface area contributed by atoms with Crippen molar-refractivity contribution in [1.82, 2.24) is 9.71 Å². The highest BCUT2D eigenvalue weighted by Crippen LogP contribution is 2.17. The van der Waals surface area contributed by atoms with Gasteiger partial charge in [-0.15, -0.1) is 0 Å². The van der Waals surface area contributed by atoms with E-state index < -0.39 is 10.0 Å². The Morgan fingerprint density at radius 3 is 3.00 bits per heavy atom. The van der Waals surface area contributed by atoms with Crippen LogP contribution >= 0.6 is 0 Å². The molecule has 1 unspecified atom stereocenters. The van der Waals surface area contributed by atoms with Crippen molar-refractivity contribution in [2.45, 2.75) is 30.3 Å². The smallest absolute Gasteiger partial charge is 0.244 e. The number of sulfonamides is 1. The Morgan fingerprint density at radius 2 is 2.33 bits per heavy atom. The Balaban J connectivity index is 2.01. The van der Waals surface area contributed by atoms with Crippen molar-refractivity contribution in [3.8, 4) is 0 Å². The molecule has 1 aliphatic heterocycles. The van der Waals surface area contributed by atoms with Gasteiger partial charge >= 0.3 is 0 Å². The average molecular weight is 271 g/mol. The Labute approximate surface area is 107 Å². The number of nitrogens with two attached hydrogens (primary N) is 1. The van der Waals surface area contributed by atoms with Gasteiger partial charge in [-0.25, -0.2) is 13.1 Å². The molecule has 1 aliphatic rings. The monoisotopic (exact) mass is 271 g/mol. The Hall–Kier alpha value is -1.18. The molecule has 0 saturated carbocycles. The zero-order valence-electron chi connectivity index (χ0n) is 10.0. The van der Waals surface area contributed by atoms with Gasteiger partial charge in [-0.3, -0.25) is 4.98 Å². The molecular weight excluding hydrogens is 254 g/mol. The fraction of sp³-hybridized carbons (Fsp3) is 0.545. The highest BCUT2D eigenvalue weighted by molar-refractivity contribution is 7.89. The maximum Gasteiger partial charge on any atom is 0.244 e. The van der Waals surface area contributed by atoms with Crippen LogP contribution in [-0.4, -0.2) is 32.7 Å². The lowest BCUT2D eigenvalue weighted by atomic mass is 10.1. The molecular formula is C11H17N3O3S. The van der Waals surface area contributed by atoms with Crippen LogP contribution in [0.4, 0.5) is 5.69 Å². The van der Waals surface area contributed by atoms with E-state index in [1.165, 1.54) is 18.5 Å². The van der Waals surface area contributed by atoms with Gasteiger partial charge in [0.1, 0.15) is 4.90 Å². The molecule has 0 aliphatic carbocycles. The van der Waals surface area contributed by atoms with Crippen molar-refractivity contribution in [3.63, 3.8) is 0 Å². The summed E-state index contributed by atoms with van der Waals surface area (Å²) in [5.74, 6) is 0. The van der Waals surface area contributed by atoms with Crippen molar-refractivity contribution in [2.24, 2.45) is 0 Å². The van der Waals surface area contributed by atoms with E-state index in [1.54, 1.807) is 0 Å². The molecule has 0 radical (unpaired) electrons. The second kappa shape index (κ2) is 5.64. The molecule has 0 aromatic carbocycles.